The Morgan fingerprint density at radius 3 is 2.96 bits per heavy atom. The number of amides is 2. The van der Waals surface area contributed by atoms with Gasteiger partial charge in [0.1, 0.15) is 11.3 Å². The molecule has 1 aromatic carbocycles. The maximum Gasteiger partial charge on any atom is 0.286 e. The van der Waals surface area contributed by atoms with Crippen molar-refractivity contribution in [1.82, 2.24) is 0 Å². The van der Waals surface area contributed by atoms with Crippen molar-refractivity contribution in [3.63, 3.8) is 0 Å². The van der Waals surface area contributed by atoms with Crippen molar-refractivity contribution >= 4 is 23.2 Å². The zero-order valence-corrected chi connectivity index (χ0v) is 12.6. The van der Waals surface area contributed by atoms with E-state index in [1.165, 1.54) is 0 Å². The Labute approximate surface area is 133 Å². The van der Waals surface area contributed by atoms with Crippen LogP contribution in [-0.4, -0.2) is 22.6 Å². The summed E-state index contributed by atoms with van der Waals surface area (Å²) in [6.45, 7) is 2.01. The highest BCUT2D eigenvalue weighted by molar-refractivity contribution is 6.28. The summed E-state index contributed by atoms with van der Waals surface area (Å²) >= 11 is 0. The number of dihydropyridines is 1. The van der Waals surface area contributed by atoms with Crippen molar-refractivity contribution in [2.75, 3.05) is 5.32 Å². The third-order valence-corrected chi connectivity index (χ3v) is 3.82. The number of nitrogens with one attached hydrogen (secondary N) is 1. The maximum atomic E-state index is 12.4. The van der Waals surface area contributed by atoms with E-state index in [0.717, 1.165) is 12.0 Å². The first-order valence-electron chi connectivity index (χ1n) is 7.41. The highest BCUT2D eigenvalue weighted by atomic mass is 16.3. The zero-order valence-electron chi connectivity index (χ0n) is 12.6. The molecule has 2 N–H and O–H groups in total. The summed E-state index contributed by atoms with van der Waals surface area (Å²) in [4.78, 5) is 28.4. The number of carbonyl (C=O) groups is 2. The van der Waals surface area contributed by atoms with Crippen LogP contribution in [0, 0.1) is 5.92 Å². The summed E-state index contributed by atoms with van der Waals surface area (Å²) in [7, 11) is 0. The topological polar surface area (TPSA) is 78.8 Å². The molecule has 1 heterocycles. The van der Waals surface area contributed by atoms with E-state index in [4.69, 9.17) is 0 Å². The third kappa shape index (κ3) is 2.85. The van der Waals surface area contributed by atoms with E-state index in [-0.39, 0.29) is 11.3 Å². The minimum absolute atomic E-state index is 0.259. The fraction of sp³-hybridized carbons (Fsp3) is 0.167. The first-order valence-corrected chi connectivity index (χ1v) is 7.41. The molecule has 2 aliphatic rings. The van der Waals surface area contributed by atoms with Gasteiger partial charge in [-0.15, -0.1) is 0 Å². The van der Waals surface area contributed by atoms with Crippen LogP contribution in [0.1, 0.15) is 12.5 Å². The molecule has 1 atom stereocenters. The van der Waals surface area contributed by atoms with Crippen LogP contribution in [0.15, 0.2) is 64.9 Å². The van der Waals surface area contributed by atoms with Crippen LogP contribution >= 0.6 is 0 Å². The van der Waals surface area contributed by atoms with Gasteiger partial charge in [-0.25, -0.2) is 4.99 Å². The highest BCUT2D eigenvalue weighted by Crippen LogP contribution is 2.26. The third-order valence-electron chi connectivity index (χ3n) is 3.82. The number of carbonyl (C=O) groups excluding carboxylic acids is 2. The second-order valence-corrected chi connectivity index (χ2v) is 5.33. The molecule has 23 heavy (non-hydrogen) atoms. The molecule has 0 aromatic heterocycles. The number of anilines is 1. The Kier molecular flexibility index (Phi) is 3.93. The van der Waals surface area contributed by atoms with Gasteiger partial charge in [0.15, 0.2) is 0 Å². The molecule has 1 aromatic rings. The average molecular weight is 308 g/mol. The summed E-state index contributed by atoms with van der Waals surface area (Å²) in [5.41, 5.74) is 1.79. The van der Waals surface area contributed by atoms with Gasteiger partial charge in [0.25, 0.3) is 11.8 Å². The minimum Gasteiger partial charge on any atom is -0.510 e. The van der Waals surface area contributed by atoms with Crippen LogP contribution in [0.25, 0.3) is 0 Å². The van der Waals surface area contributed by atoms with Gasteiger partial charge in [-0.1, -0.05) is 37.3 Å². The van der Waals surface area contributed by atoms with Crippen LogP contribution in [0.2, 0.25) is 0 Å². The molecule has 0 saturated carbocycles. The van der Waals surface area contributed by atoms with Crippen LogP contribution < -0.4 is 5.32 Å². The van der Waals surface area contributed by atoms with Gasteiger partial charge in [0, 0.05) is 5.69 Å². The minimum atomic E-state index is -0.724. The van der Waals surface area contributed by atoms with Gasteiger partial charge >= 0.3 is 0 Å². The zero-order chi connectivity index (χ0) is 16.4. The summed E-state index contributed by atoms with van der Waals surface area (Å²) in [5, 5.41) is 13.0. The van der Waals surface area contributed by atoms with Crippen LogP contribution in [0.4, 0.5) is 5.69 Å². The quantitative estimate of drug-likeness (QED) is 0.843. The number of hydrogen-bond acceptors (Lipinski definition) is 3. The molecule has 1 aliphatic heterocycles. The van der Waals surface area contributed by atoms with Crippen molar-refractivity contribution in [2.45, 2.75) is 13.3 Å². The van der Waals surface area contributed by atoms with Crippen LogP contribution in [0.5, 0.6) is 0 Å². The summed E-state index contributed by atoms with van der Waals surface area (Å²) in [5.74, 6) is -2.17. The van der Waals surface area contributed by atoms with Crippen molar-refractivity contribution in [3.05, 3.63) is 65.5 Å². The Hall–Kier alpha value is -2.95. The van der Waals surface area contributed by atoms with E-state index in [9.17, 15) is 14.7 Å². The molecular weight excluding hydrogens is 292 g/mol. The Morgan fingerprint density at radius 2 is 2.17 bits per heavy atom. The summed E-state index contributed by atoms with van der Waals surface area (Å²) < 4.78 is 0. The fourth-order valence-electron chi connectivity index (χ4n) is 2.58. The van der Waals surface area contributed by atoms with Crippen LogP contribution in [-0.2, 0) is 16.0 Å². The number of allylic oxidation sites excluding steroid dienone is 4. The van der Waals surface area contributed by atoms with E-state index in [0.29, 0.717) is 11.4 Å². The number of rotatable bonds is 3. The fourth-order valence-corrected chi connectivity index (χ4v) is 2.58. The predicted octanol–water partition coefficient (Wildman–Crippen LogP) is 2.72. The number of hydrogen-bond donors (Lipinski definition) is 2. The molecule has 0 fully saturated rings. The van der Waals surface area contributed by atoms with Crippen molar-refractivity contribution in [3.8, 4) is 0 Å². The lowest BCUT2D eigenvalue weighted by Gasteiger charge is -2.21. The van der Waals surface area contributed by atoms with Crippen molar-refractivity contribution in [1.29, 1.82) is 0 Å². The van der Waals surface area contributed by atoms with Crippen LogP contribution in [0.3, 0.4) is 0 Å². The molecule has 0 radical (unpaired) electrons. The van der Waals surface area contributed by atoms with Gasteiger partial charge in [0.2, 0.25) is 0 Å². The summed E-state index contributed by atoms with van der Waals surface area (Å²) in [6, 6.07) is 7.35. The molecule has 116 valence electrons. The SMILES string of the molecule is CCc1cccc(NC(=O)C2=C(O)C3C=CC=CC3=NC2=O)c1. The van der Waals surface area contributed by atoms with Gasteiger partial charge < -0.3 is 10.4 Å². The second-order valence-electron chi connectivity index (χ2n) is 5.33. The largest absolute Gasteiger partial charge is 0.510 e. The van der Waals surface area contributed by atoms with Gasteiger partial charge in [-0.2, -0.15) is 0 Å². The van der Waals surface area contributed by atoms with Crippen molar-refractivity contribution in [2.24, 2.45) is 10.9 Å². The molecular formula is C18H16N2O3. The molecule has 1 unspecified atom stereocenters. The second kappa shape index (κ2) is 6.04. The Balaban J connectivity index is 1.88. The number of fused-ring (bicyclic) bond motifs is 1. The lowest BCUT2D eigenvalue weighted by atomic mass is 9.90. The molecule has 0 saturated heterocycles. The molecule has 2 amide bonds. The summed E-state index contributed by atoms with van der Waals surface area (Å²) in [6.07, 6.45) is 7.67. The average Bonchev–Trinajstić information content (AvgIpc) is 2.55. The number of aliphatic hydroxyl groups is 1. The number of aliphatic imine (C=N–C) groups is 1. The molecule has 5 nitrogen and oxygen atoms in total. The standard InChI is InChI=1S/C18H16N2O3/c1-2-11-6-5-7-12(10-11)19-17(22)15-16(21)13-8-3-4-9-14(13)20-18(15)23/h3-10,13,21H,2H2,1H3,(H,19,22). The van der Waals surface area contributed by atoms with E-state index < -0.39 is 17.7 Å². The van der Waals surface area contributed by atoms with Gasteiger partial charge in [0.05, 0.1) is 11.6 Å². The number of nitrogens with zero attached hydrogens (tertiary/aromatic N) is 1. The first kappa shape index (κ1) is 15.0. The first-order chi connectivity index (χ1) is 11.1. The highest BCUT2D eigenvalue weighted by Gasteiger charge is 2.33. The van der Waals surface area contributed by atoms with E-state index in [1.54, 1.807) is 30.4 Å². The molecule has 3 rings (SSSR count). The van der Waals surface area contributed by atoms with Gasteiger partial charge in [-0.05, 0) is 30.2 Å². The monoisotopic (exact) mass is 308 g/mol. The number of benzene rings is 1. The van der Waals surface area contributed by atoms with Crippen molar-refractivity contribution < 1.29 is 14.7 Å². The molecule has 0 spiro atoms. The Bertz CT molecular complexity index is 800. The number of aryl methyl sites for hydroxylation is 1. The predicted molar refractivity (Wildman–Crippen MR) is 88.3 cm³/mol. The van der Waals surface area contributed by atoms with E-state index in [2.05, 4.69) is 10.3 Å². The molecule has 0 bridgehead atoms. The number of aliphatic hydroxyl groups excluding tert-OH is 1. The van der Waals surface area contributed by atoms with E-state index >= 15 is 0 Å². The smallest absolute Gasteiger partial charge is 0.286 e. The van der Waals surface area contributed by atoms with E-state index in [1.807, 2.05) is 25.1 Å². The lowest BCUT2D eigenvalue weighted by Crippen LogP contribution is -2.30. The Morgan fingerprint density at radius 1 is 1.35 bits per heavy atom. The molecule has 5 heteroatoms. The molecule has 1 aliphatic carbocycles. The van der Waals surface area contributed by atoms with Gasteiger partial charge in [-0.3, -0.25) is 9.59 Å². The maximum absolute atomic E-state index is 12.4. The normalized spacial score (nSPS) is 19.4. The lowest BCUT2D eigenvalue weighted by molar-refractivity contribution is -0.119.